The quantitative estimate of drug-likeness (QED) is 0.782. The maximum Gasteiger partial charge on any atom is 0.349 e. The molecular formula is C22H33NO4. The number of hydrogen-bond acceptors (Lipinski definition) is 4. The lowest BCUT2D eigenvalue weighted by atomic mass is 9.76. The maximum absolute atomic E-state index is 13.2. The van der Waals surface area contributed by atoms with Gasteiger partial charge in [0.05, 0.1) is 6.10 Å². The van der Waals surface area contributed by atoms with Crippen LogP contribution in [0.5, 0.6) is 0 Å². The second-order valence-electron chi connectivity index (χ2n) is 8.80. The molecule has 0 unspecified atom stereocenters. The van der Waals surface area contributed by atoms with Gasteiger partial charge in [0.15, 0.2) is 0 Å². The third kappa shape index (κ3) is 4.13. The average Bonchev–Trinajstić information content (AvgIpc) is 3.01. The van der Waals surface area contributed by atoms with Crippen molar-refractivity contribution < 1.29 is 13.9 Å². The first-order valence-electron chi connectivity index (χ1n) is 10.3. The van der Waals surface area contributed by atoms with Gasteiger partial charge >= 0.3 is 5.63 Å². The molecule has 1 saturated heterocycles. The molecule has 1 aromatic rings. The van der Waals surface area contributed by atoms with Gasteiger partial charge in [-0.05, 0) is 56.6 Å². The third-order valence-corrected chi connectivity index (χ3v) is 6.39. The van der Waals surface area contributed by atoms with Crippen molar-refractivity contribution in [3.8, 4) is 0 Å². The lowest BCUT2D eigenvalue weighted by molar-refractivity contribution is -0.0296. The van der Waals surface area contributed by atoms with Crippen LogP contribution in [-0.4, -0.2) is 37.1 Å². The number of ether oxygens (including phenoxy) is 1. The molecule has 0 radical (unpaired) electrons. The summed E-state index contributed by atoms with van der Waals surface area (Å²) < 4.78 is 11.2. The van der Waals surface area contributed by atoms with E-state index in [9.17, 15) is 9.59 Å². The molecule has 2 fully saturated rings. The standard InChI is InChI=1S/C22H33NO4/c1-15(2)8-9-17-13-16(3)19(21(25)27-17)20(24)23-12-6-11-22(14-23)10-5-7-18(22)26-4/h13,15,18H,5-12,14H2,1-4H3/t18-,22+/m1/s1. The van der Waals surface area contributed by atoms with E-state index in [0.717, 1.165) is 50.5 Å². The molecule has 1 amide bonds. The molecule has 1 aromatic heterocycles. The Bertz CT molecular complexity index is 738. The number of aryl methyl sites for hydroxylation is 2. The van der Waals surface area contributed by atoms with Gasteiger partial charge in [0.25, 0.3) is 5.91 Å². The molecule has 5 nitrogen and oxygen atoms in total. The Morgan fingerprint density at radius 1 is 1.37 bits per heavy atom. The van der Waals surface area contributed by atoms with Crippen molar-refractivity contribution in [3.63, 3.8) is 0 Å². The van der Waals surface area contributed by atoms with Crippen LogP contribution in [0.25, 0.3) is 0 Å². The van der Waals surface area contributed by atoms with E-state index in [1.807, 2.05) is 17.9 Å². The molecule has 27 heavy (non-hydrogen) atoms. The molecule has 2 heterocycles. The number of piperidine rings is 1. The second kappa shape index (κ2) is 8.17. The number of likely N-dealkylation sites (tertiary alicyclic amines) is 1. The fourth-order valence-corrected chi connectivity index (χ4v) is 4.92. The van der Waals surface area contributed by atoms with Gasteiger partial charge in [0.1, 0.15) is 11.3 Å². The lowest BCUT2D eigenvalue weighted by Gasteiger charge is -2.43. The van der Waals surface area contributed by atoms with Gasteiger partial charge in [-0.3, -0.25) is 4.79 Å². The number of rotatable bonds is 5. The van der Waals surface area contributed by atoms with E-state index in [1.165, 1.54) is 0 Å². The maximum atomic E-state index is 13.2. The number of hydrogen-bond donors (Lipinski definition) is 0. The van der Waals surface area contributed by atoms with E-state index in [4.69, 9.17) is 9.15 Å². The van der Waals surface area contributed by atoms with Crippen LogP contribution in [0.4, 0.5) is 0 Å². The highest BCUT2D eigenvalue weighted by Crippen LogP contribution is 2.46. The van der Waals surface area contributed by atoms with E-state index in [0.29, 0.717) is 24.8 Å². The molecule has 0 N–H and O–H groups in total. The van der Waals surface area contributed by atoms with Crippen LogP contribution in [0.2, 0.25) is 0 Å². The average molecular weight is 376 g/mol. The van der Waals surface area contributed by atoms with Crippen LogP contribution in [0.3, 0.4) is 0 Å². The van der Waals surface area contributed by atoms with E-state index in [1.54, 1.807) is 7.11 Å². The van der Waals surface area contributed by atoms with Gasteiger partial charge in [-0.15, -0.1) is 0 Å². The Morgan fingerprint density at radius 2 is 2.11 bits per heavy atom. The largest absolute Gasteiger partial charge is 0.427 e. The van der Waals surface area contributed by atoms with Crippen molar-refractivity contribution in [3.05, 3.63) is 33.4 Å². The SMILES string of the molecule is CO[C@@H]1CCC[C@@]12CCCN(C(=O)c1c(C)cc(CCC(C)C)oc1=O)C2. The fraction of sp³-hybridized carbons (Fsp3) is 0.727. The highest BCUT2D eigenvalue weighted by atomic mass is 16.5. The van der Waals surface area contributed by atoms with Crippen LogP contribution in [0, 0.1) is 18.3 Å². The van der Waals surface area contributed by atoms with E-state index >= 15 is 0 Å². The zero-order valence-electron chi connectivity index (χ0n) is 17.2. The molecule has 5 heteroatoms. The van der Waals surface area contributed by atoms with Gasteiger partial charge in [0, 0.05) is 32.0 Å². The van der Waals surface area contributed by atoms with Crippen LogP contribution in [-0.2, 0) is 11.2 Å². The first kappa shape index (κ1) is 20.1. The molecule has 1 saturated carbocycles. The van der Waals surface area contributed by atoms with Crippen LogP contribution in [0.1, 0.15) is 74.1 Å². The summed E-state index contributed by atoms with van der Waals surface area (Å²) in [5.74, 6) is 1.03. The summed E-state index contributed by atoms with van der Waals surface area (Å²) in [6, 6.07) is 1.87. The summed E-state index contributed by atoms with van der Waals surface area (Å²) in [7, 11) is 1.77. The first-order valence-corrected chi connectivity index (χ1v) is 10.3. The van der Waals surface area contributed by atoms with E-state index in [-0.39, 0.29) is 23.0 Å². The fourth-order valence-electron chi connectivity index (χ4n) is 4.92. The first-order chi connectivity index (χ1) is 12.9. The summed E-state index contributed by atoms with van der Waals surface area (Å²) in [6.45, 7) is 7.51. The normalized spacial score (nSPS) is 25.5. The smallest absolute Gasteiger partial charge is 0.349 e. The summed E-state index contributed by atoms with van der Waals surface area (Å²) in [4.78, 5) is 27.6. The topological polar surface area (TPSA) is 59.8 Å². The molecule has 1 spiro atoms. The summed E-state index contributed by atoms with van der Waals surface area (Å²) in [5, 5.41) is 0. The van der Waals surface area contributed by atoms with Crippen molar-refractivity contribution in [2.45, 2.75) is 71.8 Å². The second-order valence-corrected chi connectivity index (χ2v) is 8.80. The van der Waals surface area contributed by atoms with Crippen molar-refractivity contribution in [2.24, 2.45) is 11.3 Å². The van der Waals surface area contributed by atoms with Gasteiger partial charge < -0.3 is 14.1 Å². The third-order valence-electron chi connectivity index (χ3n) is 6.39. The zero-order chi connectivity index (χ0) is 19.6. The molecule has 150 valence electrons. The monoisotopic (exact) mass is 375 g/mol. The van der Waals surface area contributed by atoms with Crippen molar-refractivity contribution in [1.29, 1.82) is 0 Å². The lowest BCUT2D eigenvalue weighted by Crippen LogP contribution is -2.50. The molecule has 3 rings (SSSR count). The van der Waals surface area contributed by atoms with Crippen molar-refractivity contribution in [2.75, 3.05) is 20.2 Å². The van der Waals surface area contributed by atoms with Gasteiger partial charge in [-0.2, -0.15) is 0 Å². The van der Waals surface area contributed by atoms with Crippen molar-refractivity contribution >= 4 is 5.91 Å². The molecule has 0 bridgehead atoms. The summed E-state index contributed by atoms with van der Waals surface area (Å²) in [5.41, 5.74) is 0.485. The molecule has 2 atom stereocenters. The minimum atomic E-state index is -0.493. The van der Waals surface area contributed by atoms with E-state index in [2.05, 4.69) is 13.8 Å². The Hall–Kier alpha value is -1.62. The molecule has 1 aliphatic carbocycles. The number of carbonyl (C=O) groups is 1. The molecule has 2 aliphatic rings. The molecule has 0 aromatic carbocycles. The number of carbonyl (C=O) groups excluding carboxylic acids is 1. The van der Waals surface area contributed by atoms with Gasteiger partial charge in [0.2, 0.25) is 0 Å². The Labute approximate surface area is 162 Å². The Kier molecular flexibility index (Phi) is 6.09. The number of methoxy groups -OCH3 is 1. The number of amides is 1. The molecule has 1 aliphatic heterocycles. The highest BCUT2D eigenvalue weighted by Gasteiger charge is 2.47. The minimum Gasteiger partial charge on any atom is -0.427 e. The van der Waals surface area contributed by atoms with Gasteiger partial charge in [-0.1, -0.05) is 20.3 Å². The summed E-state index contributed by atoms with van der Waals surface area (Å²) in [6.07, 6.45) is 7.25. The highest BCUT2D eigenvalue weighted by molar-refractivity contribution is 5.95. The zero-order valence-corrected chi connectivity index (χ0v) is 17.2. The van der Waals surface area contributed by atoms with Crippen LogP contribution in [0.15, 0.2) is 15.3 Å². The molecular weight excluding hydrogens is 342 g/mol. The Balaban J connectivity index is 1.80. The summed E-state index contributed by atoms with van der Waals surface area (Å²) >= 11 is 0. The number of nitrogens with zero attached hydrogens (tertiary/aromatic N) is 1. The van der Waals surface area contributed by atoms with Crippen molar-refractivity contribution in [1.82, 2.24) is 4.90 Å². The predicted octanol–water partition coefficient (Wildman–Crippen LogP) is 3.96. The van der Waals surface area contributed by atoms with Gasteiger partial charge in [-0.25, -0.2) is 4.79 Å². The predicted molar refractivity (Wildman–Crippen MR) is 105 cm³/mol. The minimum absolute atomic E-state index is 0.0496. The van der Waals surface area contributed by atoms with Crippen LogP contribution < -0.4 is 5.63 Å². The van der Waals surface area contributed by atoms with E-state index < -0.39 is 5.63 Å². The Morgan fingerprint density at radius 3 is 2.78 bits per heavy atom. The van der Waals surface area contributed by atoms with Crippen LogP contribution >= 0.6 is 0 Å².